The van der Waals surface area contributed by atoms with Crippen molar-refractivity contribution in [1.29, 1.82) is 0 Å². The lowest BCUT2D eigenvalue weighted by atomic mass is 10.1. The Morgan fingerprint density at radius 3 is 2.78 bits per heavy atom. The highest BCUT2D eigenvalue weighted by atomic mass is 32.2. The molecule has 3 unspecified atom stereocenters. The Balaban J connectivity index is 2.28. The third-order valence-corrected chi connectivity index (χ3v) is 4.90. The summed E-state index contributed by atoms with van der Waals surface area (Å²) in [6, 6.07) is 3.33. The highest BCUT2D eigenvalue weighted by molar-refractivity contribution is 8.00. The molecule has 2 rings (SSSR count). The van der Waals surface area contributed by atoms with Crippen LogP contribution in [-0.4, -0.2) is 18.0 Å². The molecule has 0 aliphatic carbocycles. The molecule has 1 saturated heterocycles. The van der Waals surface area contributed by atoms with Crippen molar-refractivity contribution in [2.45, 2.75) is 49.5 Å². The van der Waals surface area contributed by atoms with E-state index >= 15 is 0 Å². The van der Waals surface area contributed by atoms with Gasteiger partial charge in [-0.1, -0.05) is 0 Å². The number of thioether (sulfide) groups is 1. The molecular weight excluding hydrogens is 249 g/mol. The molecule has 0 spiro atoms. The van der Waals surface area contributed by atoms with Gasteiger partial charge < -0.3 is 10.5 Å². The average Bonchev–Trinajstić information content (AvgIpc) is 2.69. The number of halogens is 1. The van der Waals surface area contributed by atoms with Crippen LogP contribution in [0.3, 0.4) is 0 Å². The van der Waals surface area contributed by atoms with Crippen LogP contribution in [0.5, 0.6) is 0 Å². The molecule has 1 heterocycles. The maximum atomic E-state index is 13.6. The van der Waals surface area contributed by atoms with E-state index in [-0.39, 0.29) is 18.0 Å². The van der Waals surface area contributed by atoms with Crippen LogP contribution < -0.4 is 5.73 Å². The van der Waals surface area contributed by atoms with Gasteiger partial charge in [-0.15, -0.1) is 11.8 Å². The summed E-state index contributed by atoms with van der Waals surface area (Å²) in [4.78, 5) is 1.09. The van der Waals surface area contributed by atoms with Crippen LogP contribution >= 0.6 is 11.8 Å². The van der Waals surface area contributed by atoms with Crippen molar-refractivity contribution >= 4 is 11.8 Å². The molecular formula is C14H20FNOS. The Labute approximate surface area is 112 Å². The number of ether oxygens (including phenoxy) is 1. The molecule has 1 aromatic rings. The van der Waals surface area contributed by atoms with Crippen molar-refractivity contribution < 1.29 is 9.13 Å². The van der Waals surface area contributed by atoms with Crippen molar-refractivity contribution in [1.82, 2.24) is 0 Å². The van der Waals surface area contributed by atoms with Gasteiger partial charge in [-0.05, 0) is 50.5 Å². The molecule has 0 aromatic heterocycles. The van der Waals surface area contributed by atoms with E-state index in [4.69, 9.17) is 10.5 Å². The molecule has 0 amide bonds. The molecule has 3 atom stereocenters. The summed E-state index contributed by atoms with van der Waals surface area (Å²) < 4.78 is 19.2. The zero-order valence-corrected chi connectivity index (χ0v) is 11.9. The van der Waals surface area contributed by atoms with E-state index in [1.165, 1.54) is 0 Å². The highest BCUT2D eigenvalue weighted by Crippen LogP contribution is 2.37. The van der Waals surface area contributed by atoms with Crippen molar-refractivity contribution in [2.75, 3.05) is 6.61 Å². The zero-order chi connectivity index (χ0) is 13.3. The fourth-order valence-electron chi connectivity index (χ4n) is 2.16. The molecule has 0 bridgehead atoms. The van der Waals surface area contributed by atoms with E-state index in [9.17, 15) is 4.39 Å². The fourth-order valence-corrected chi connectivity index (χ4v) is 3.59. The summed E-state index contributed by atoms with van der Waals surface area (Å²) in [5, 5.41) is 0.437. The van der Waals surface area contributed by atoms with Gasteiger partial charge >= 0.3 is 0 Å². The summed E-state index contributed by atoms with van der Waals surface area (Å²) >= 11 is 1.77. The lowest BCUT2D eigenvalue weighted by molar-refractivity contribution is 0.127. The van der Waals surface area contributed by atoms with Gasteiger partial charge in [0.1, 0.15) is 5.82 Å². The maximum Gasteiger partial charge on any atom is 0.126 e. The van der Waals surface area contributed by atoms with Crippen LogP contribution in [-0.2, 0) is 4.74 Å². The predicted molar refractivity (Wildman–Crippen MR) is 73.4 cm³/mol. The molecule has 2 nitrogen and oxygen atoms in total. The highest BCUT2D eigenvalue weighted by Gasteiger charge is 2.26. The summed E-state index contributed by atoms with van der Waals surface area (Å²) in [6.45, 7) is 6.58. The van der Waals surface area contributed by atoms with Crippen molar-refractivity contribution in [3.8, 4) is 0 Å². The van der Waals surface area contributed by atoms with Gasteiger partial charge in [0.05, 0.1) is 6.10 Å². The number of aryl methyl sites for hydroxylation is 1. The second-order valence-electron chi connectivity index (χ2n) is 4.95. The molecule has 1 aliphatic heterocycles. The smallest absolute Gasteiger partial charge is 0.126 e. The van der Waals surface area contributed by atoms with E-state index in [1.807, 2.05) is 13.0 Å². The molecule has 1 aliphatic rings. The Hall–Kier alpha value is -0.580. The summed E-state index contributed by atoms with van der Waals surface area (Å²) in [5.41, 5.74) is 7.50. The largest absolute Gasteiger partial charge is 0.377 e. The second-order valence-corrected chi connectivity index (χ2v) is 6.23. The first kappa shape index (κ1) is 13.8. The van der Waals surface area contributed by atoms with Crippen LogP contribution in [0.25, 0.3) is 0 Å². The Morgan fingerprint density at radius 2 is 2.22 bits per heavy atom. The van der Waals surface area contributed by atoms with E-state index in [2.05, 4.69) is 6.92 Å². The van der Waals surface area contributed by atoms with Crippen LogP contribution in [0, 0.1) is 12.7 Å². The lowest BCUT2D eigenvalue weighted by Crippen LogP contribution is -2.15. The third kappa shape index (κ3) is 2.87. The van der Waals surface area contributed by atoms with Crippen LogP contribution in [0.4, 0.5) is 4.39 Å². The molecule has 4 heteroatoms. The van der Waals surface area contributed by atoms with Crippen molar-refractivity contribution in [2.24, 2.45) is 5.73 Å². The first-order chi connectivity index (χ1) is 8.49. The summed E-state index contributed by atoms with van der Waals surface area (Å²) in [7, 11) is 0. The summed E-state index contributed by atoms with van der Waals surface area (Å²) in [5.74, 6) is -0.178. The lowest BCUT2D eigenvalue weighted by Gasteiger charge is -2.18. The quantitative estimate of drug-likeness (QED) is 0.913. The number of rotatable bonds is 3. The molecule has 1 fully saturated rings. The Bertz CT molecular complexity index is 436. The fraction of sp³-hybridized carbons (Fsp3) is 0.571. The number of benzene rings is 1. The van der Waals surface area contributed by atoms with Gasteiger partial charge in [-0.25, -0.2) is 4.39 Å². The molecule has 2 N–H and O–H groups in total. The Kier molecular flexibility index (Phi) is 4.30. The predicted octanol–water partition coefficient (Wildman–Crippen LogP) is 3.42. The van der Waals surface area contributed by atoms with Gasteiger partial charge in [0.2, 0.25) is 0 Å². The van der Waals surface area contributed by atoms with E-state index < -0.39 is 0 Å². The molecule has 1 aromatic carbocycles. The normalized spacial score (nSPS) is 25.4. The second kappa shape index (κ2) is 5.59. The van der Waals surface area contributed by atoms with Gasteiger partial charge in [-0.2, -0.15) is 0 Å². The number of hydrogen-bond donors (Lipinski definition) is 1. The minimum Gasteiger partial charge on any atom is -0.377 e. The standard InChI is InChI=1S/C14H20FNOS/c1-8-6-14(11(9(2)16)7-12(8)15)18-13-4-5-17-10(13)3/h6-7,9-10,13H,4-5,16H2,1-3H3. The summed E-state index contributed by atoms with van der Waals surface area (Å²) in [6.07, 6.45) is 1.29. The van der Waals surface area contributed by atoms with Crippen LogP contribution in [0.2, 0.25) is 0 Å². The zero-order valence-electron chi connectivity index (χ0n) is 11.1. The Morgan fingerprint density at radius 1 is 1.50 bits per heavy atom. The number of hydrogen-bond acceptors (Lipinski definition) is 3. The minimum absolute atomic E-state index is 0.153. The SMILES string of the molecule is Cc1cc(SC2CCOC2C)c(C(C)N)cc1F. The van der Waals surface area contributed by atoms with Crippen molar-refractivity contribution in [3.63, 3.8) is 0 Å². The van der Waals surface area contributed by atoms with Gasteiger partial charge in [-0.3, -0.25) is 0 Å². The van der Waals surface area contributed by atoms with E-state index in [1.54, 1.807) is 24.8 Å². The third-order valence-electron chi connectivity index (χ3n) is 3.37. The minimum atomic E-state index is -0.178. The molecule has 0 radical (unpaired) electrons. The van der Waals surface area contributed by atoms with E-state index in [0.29, 0.717) is 10.8 Å². The first-order valence-corrected chi connectivity index (χ1v) is 7.21. The van der Waals surface area contributed by atoms with Crippen molar-refractivity contribution in [3.05, 3.63) is 29.1 Å². The van der Waals surface area contributed by atoms with Crippen LogP contribution in [0.1, 0.15) is 37.4 Å². The molecule has 18 heavy (non-hydrogen) atoms. The van der Waals surface area contributed by atoms with Crippen LogP contribution in [0.15, 0.2) is 17.0 Å². The van der Waals surface area contributed by atoms with Gasteiger partial charge in [0, 0.05) is 22.8 Å². The monoisotopic (exact) mass is 269 g/mol. The molecule has 0 saturated carbocycles. The average molecular weight is 269 g/mol. The van der Waals surface area contributed by atoms with Gasteiger partial charge in [0.25, 0.3) is 0 Å². The first-order valence-electron chi connectivity index (χ1n) is 6.33. The number of nitrogens with two attached hydrogens (primary N) is 1. The van der Waals surface area contributed by atoms with Gasteiger partial charge in [0.15, 0.2) is 0 Å². The topological polar surface area (TPSA) is 35.2 Å². The molecule has 100 valence electrons. The maximum absolute atomic E-state index is 13.6. The van der Waals surface area contributed by atoms with E-state index in [0.717, 1.165) is 23.5 Å².